The zero-order valence-electron chi connectivity index (χ0n) is 12.8. The largest absolute Gasteiger partial charge is 0.359 e. The molecule has 5 heteroatoms. The van der Waals surface area contributed by atoms with Crippen LogP contribution in [0.1, 0.15) is 29.5 Å². The smallest absolute Gasteiger partial charge is 0.191 e. The van der Waals surface area contributed by atoms with E-state index in [-0.39, 0.29) is 0 Å². The van der Waals surface area contributed by atoms with E-state index in [2.05, 4.69) is 46.8 Å². The van der Waals surface area contributed by atoms with Crippen molar-refractivity contribution in [1.82, 2.24) is 15.8 Å². The molecule has 0 aliphatic carbocycles. The molecule has 0 atom stereocenters. The lowest BCUT2D eigenvalue weighted by Crippen LogP contribution is -2.36. The molecule has 2 N–H and O–H groups in total. The highest BCUT2D eigenvalue weighted by Crippen LogP contribution is 2.06. The summed E-state index contributed by atoms with van der Waals surface area (Å²) in [5.74, 6) is 1.55. The fourth-order valence-corrected chi connectivity index (χ4v) is 1.98. The predicted octanol–water partition coefficient (Wildman–Crippen LogP) is 2.41. The minimum Gasteiger partial charge on any atom is -0.359 e. The first kappa shape index (κ1) is 15.1. The van der Waals surface area contributed by atoms with Gasteiger partial charge in [-0.2, -0.15) is 0 Å². The first-order valence-corrected chi connectivity index (χ1v) is 7.16. The van der Waals surface area contributed by atoms with Gasteiger partial charge in [-0.25, -0.2) is 0 Å². The molecule has 0 saturated carbocycles. The first-order valence-electron chi connectivity index (χ1n) is 7.16. The van der Waals surface area contributed by atoms with Crippen molar-refractivity contribution in [3.8, 4) is 0 Å². The molecule has 21 heavy (non-hydrogen) atoms. The highest BCUT2D eigenvalue weighted by atomic mass is 16.5. The molecule has 1 aromatic heterocycles. The Bertz CT molecular complexity index is 604. The Balaban J connectivity index is 1.85. The Labute approximate surface area is 125 Å². The van der Waals surface area contributed by atoms with E-state index in [1.54, 1.807) is 7.05 Å². The lowest BCUT2D eigenvalue weighted by atomic mass is 10.1. The third-order valence-corrected chi connectivity index (χ3v) is 3.33. The third-order valence-electron chi connectivity index (χ3n) is 3.33. The molecule has 0 unspecified atom stereocenters. The van der Waals surface area contributed by atoms with Gasteiger partial charge in [0.05, 0.1) is 12.2 Å². The van der Waals surface area contributed by atoms with Crippen molar-refractivity contribution < 1.29 is 4.52 Å². The number of guanidine groups is 1. The molecular weight excluding hydrogens is 264 g/mol. The van der Waals surface area contributed by atoms with E-state index in [1.807, 2.05) is 18.2 Å². The molecule has 1 heterocycles. The van der Waals surface area contributed by atoms with Gasteiger partial charge in [-0.1, -0.05) is 36.3 Å². The van der Waals surface area contributed by atoms with Crippen molar-refractivity contribution in [3.05, 3.63) is 52.9 Å². The summed E-state index contributed by atoms with van der Waals surface area (Å²) in [6.45, 7) is 5.47. The minimum atomic E-state index is 0.570. The van der Waals surface area contributed by atoms with E-state index in [4.69, 9.17) is 4.52 Å². The van der Waals surface area contributed by atoms with Crippen LogP contribution in [0.4, 0.5) is 0 Å². The summed E-state index contributed by atoms with van der Waals surface area (Å²) < 4.78 is 5.24. The van der Waals surface area contributed by atoms with Crippen LogP contribution < -0.4 is 10.6 Å². The van der Waals surface area contributed by atoms with Gasteiger partial charge in [0.2, 0.25) is 0 Å². The number of nitrogens with one attached hydrogen (secondary N) is 2. The third kappa shape index (κ3) is 4.34. The maximum atomic E-state index is 5.24. The number of aryl methyl sites for hydroxylation is 2. The summed E-state index contributed by atoms with van der Waals surface area (Å²) in [6, 6.07) is 10.3. The lowest BCUT2D eigenvalue weighted by Gasteiger charge is -2.12. The summed E-state index contributed by atoms with van der Waals surface area (Å²) in [6.07, 6.45) is 0.879. The topological polar surface area (TPSA) is 62.5 Å². The molecule has 2 rings (SSSR count). The molecule has 112 valence electrons. The SMILES string of the molecule is CCc1cc(CNC(=NC)NCc2ccccc2C)on1. The zero-order chi connectivity index (χ0) is 15.1. The Morgan fingerprint density at radius 2 is 2.00 bits per heavy atom. The number of hydrogen-bond donors (Lipinski definition) is 2. The van der Waals surface area contributed by atoms with Crippen LogP contribution in [0.5, 0.6) is 0 Å². The molecule has 0 saturated heterocycles. The Morgan fingerprint density at radius 1 is 1.24 bits per heavy atom. The minimum absolute atomic E-state index is 0.570. The van der Waals surface area contributed by atoms with Crippen LogP contribution in [0.25, 0.3) is 0 Å². The van der Waals surface area contributed by atoms with Gasteiger partial charge in [-0.05, 0) is 24.5 Å². The summed E-state index contributed by atoms with van der Waals surface area (Å²) >= 11 is 0. The van der Waals surface area contributed by atoms with E-state index < -0.39 is 0 Å². The lowest BCUT2D eigenvalue weighted by molar-refractivity contribution is 0.374. The Morgan fingerprint density at radius 3 is 2.67 bits per heavy atom. The van der Waals surface area contributed by atoms with Gasteiger partial charge in [0.15, 0.2) is 11.7 Å². The molecule has 0 bridgehead atoms. The molecule has 0 radical (unpaired) electrons. The van der Waals surface area contributed by atoms with Crippen LogP contribution in [-0.2, 0) is 19.5 Å². The molecule has 0 aliphatic heterocycles. The van der Waals surface area contributed by atoms with Crippen LogP contribution in [0.2, 0.25) is 0 Å². The van der Waals surface area contributed by atoms with Crippen LogP contribution in [0.15, 0.2) is 39.8 Å². The molecule has 0 spiro atoms. The van der Waals surface area contributed by atoms with Crippen molar-refractivity contribution in [2.24, 2.45) is 4.99 Å². The van der Waals surface area contributed by atoms with Gasteiger partial charge in [0.25, 0.3) is 0 Å². The summed E-state index contributed by atoms with van der Waals surface area (Å²) in [7, 11) is 1.76. The van der Waals surface area contributed by atoms with Gasteiger partial charge < -0.3 is 15.2 Å². The van der Waals surface area contributed by atoms with Crippen molar-refractivity contribution in [2.45, 2.75) is 33.4 Å². The van der Waals surface area contributed by atoms with Gasteiger partial charge in [-0.15, -0.1) is 0 Å². The summed E-state index contributed by atoms with van der Waals surface area (Å²) in [5.41, 5.74) is 3.49. The van der Waals surface area contributed by atoms with Gasteiger partial charge in [0, 0.05) is 19.7 Å². The van der Waals surface area contributed by atoms with Gasteiger partial charge in [0.1, 0.15) is 0 Å². The van der Waals surface area contributed by atoms with Crippen molar-refractivity contribution in [3.63, 3.8) is 0 Å². The predicted molar refractivity (Wildman–Crippen MR) is 84.1 cm³/mol. The molecule has 0 aliphatic rings. The monoisotopic (exact) mass is 286 g/mol. The average Bonchev–Trinajstić information content (AvgIpc) is 2.97. The normalized spacial score (nSPS) is 11.5. The second-order valence-corrected chi connectivity index (χ2v) is 4.84. The summed E-state index contributed by atoms with van der Waals surface area (Å²) in [5, 5.41) is 10.5. The second kappa shape index (κ2) is 7.47. The highest BCUT2D eigenvalue weighted by molar-refractivity contribution is 5.79. The fourth-order valence-electron chi connectivity index (χ4n) is 1.98. The van der Waals surface area contributed by atoms with E-state index in [0.717, 1.165) is 30.4 Å². The number of nitrogens with zero attached hydrogens (tertiary/aromatic N) is 2. The summed E-state index contributed by atoms with van der Waals surface area (Å²) in [4.78, 5) is 4.21. The Hall–Kier alpha value is -2.30. The van der Waals surface area contributed by atoms with Crippen LogP contribution >= 0.6 is 0 Å². The number of rotatable bonds is 5. The van der Waals surface area contributed by atoms with Gasteiger partial charge >= 0.3 is 0 Å². The van der Waals surface area contributed by atoms with Crippen molar-refractivity contribution >= 4 is 5.96 Å². The number of hydrogen-bond acceptors (Lipinski definition) is 3. The number of benzene rings is 1. The highest BCUT2D eigenvalue weighted by Gasteiger charge is 2.04. The molecule has 1 aromatic carbocycles. The van der Waals surface area contributed by atoms with E-state index in [9.17, 15) is 0 Å². The zero-order valence-corrected chi connectivity index (χ0v) is 12.8. The molecule has 2 aromatic rings. The van der Waals surface area contributed by atoms with Crippen molar-refractivity contribution in [2.75, 3.05) is 7.05 Å². The molecule has 5 nitrogen and oxygen atoms in total. The fraction of sp³-hybridized carbons (Fsp3) is 0.375. The van der Waals surface area contributed by atoms with E-state index >= 15 is 0 Å². The quantitative estimate of drug-likeness (QED) is 0.654. The number of aromatic nitrogens is 1. The van der Waals surface area contributed by atoms with E-state index in [0.29, 0.717) is 6.54 Å². The molecular formula is C16H22N4O. The van der Waals surface area contributed by atoms with Crippen LogP contribution in [-0.4, -0.2) is 18.2 Å². The second-order valence-electron chi connectivity index (χ2n) is 4.84. The van der Waals surface area contributed by atoms with E-state index in [1.165, 1.54) is 11.1 Å². The standard InChI is InChI=1S/C16H22N4O/c1-4-14-9-15(21-20-14)11-19-16(17-3)18-10-13-8-6-5-7-12(13)2/h5-9H,4,10-11H2,1-3H3,(H2,17,18,19). The molecule has 0 amide bonds. The molecule has 0 fully saturated rings. The maximum absolute atomic E-state index is 5.24. The van der Waals surface area contributed by atoms with Crippen molar-refractivity contribution in [1.29, 1.82) is 0 Å². The number of aliphatic imine (C=N–C) groups is 1. The van der Waals surface area contributed by atoms with Crippen LogP contribution in [0, 0.1) is 6.92 Å². The average molecular weight is 286 g/mol. The van der Waals surface area contributed by atoms with Crippen LogP contribution in [0.3, 0.4) is 0 Å². The first-order chi connectivity index (χ1) is 10.2. The Kier molecular flexibility index (Phi) is 5.37. The van der Waals surface area contributed by atoms with Gasteiger partial charge in [-0.3, -0.25) is 4.99 Å². The maximum Gasteiger partial charge on any atom is 0.191 e.